The number of carbonyl (C=O) groups excluding carboxylic acids is 1. The van der Waals surface area contributed by atoms with Crippen LogP contribution in [0.25, 0.3) is 0 Å². The average molecular weight is 456 g/mol. The van der Waals surface area contributed by atoms with Gasteiger partial charge in [0.2, 0.25) is 0 Å². The van der Waals surface area contributed by atoms with Crippen LogP contribution in [-0.2, 0) is 20.4 Å². The van der Waals surface area contributed by atoms with Crippen LogP contribution < -0.4 is 5.32 Å². The lowest BCUT2D eigenvalue weighted by molar-refractivity contribution is -0.138. The summed E-state index contributed by atoms with van der Waals surface area (Å²) in [6.07, 6.45) is -5.12. The molecule has 4 atom stereocenters. The van der Waals surface area contributed by atoms with E-state index in [2.05, 4.69) is 10.1 Å². The molecule has 5 nitrogen and oxygen atoms in total. The second kappa shape index (κ2) is 8.96. The molecule has 0 spiro atoms. The zero-order valence-corrected chi connectivity index (χ0v) is 17.2. The minimum atomic E-state index is -4.46. The third kappa shape index (κ3) is 4.75. The first-order valence-corrected chi connectivity index (χ1v) is 10.4. The summed E-state index contributed by atoms with van der Waals surface area (Å²) < 4.78 is 55.8. The molecule has 31 heavy (non-hydrogen) atoms. The first-order chi connectivity index (χ1) is 14.9. The third-order valence-electron chi connectivity index (χ3n) is 5.69. The van der Waals surface area contributed by atoms with Crippen molar-refractivity contribution in [3.05, 3.63) is 65.2 Å². The maximum atomic E-state index is 13.3. The fourth-order valence-corrected chi connectivity index (χ4v) is 4.38. The van der Waals surface area contributed by atoms with Gasteiger partial charge in [0.25, 0.3) is 0 Å². The Labute approximate surface area is 182 Å². The Hall–Kier alpha value is -2.45. The Bertz CT molecular complexity index is 925. The smallest absolute Gasteiger partial charge is 0.431 e. The van der Waals surface area contributed by atoms with Crippen molar-refractivity contribution in [3.8, 4) is 0 Å². The van der Waals surface area contributed by atoms with Gasteiger partial charge in [0.15, 0.2) is 6.07 Å². The molecule has 2 aromatic carbocycles. The van der Waals surface area contributed by atoms with Gasteiger partial charge in [-0.3, -0.25) is 0 Å². The van der Waals surface area contributed by atoms with Gasteiger partial charge < -0.3 is 19.5 Å². The van der Waals surface area contributed by atoms with Gasteiger partial charge in [0.05, 0.1) is 23.8 Å². The molecule has 2 aromatic rings. The summed E-state index contributed by atoms with van der Waals surface area (Å²) in [6.45, 7) is -0.0589. The van der Waals surface area contributed by atoms with Crippen molar-refractivity contribution in [3.63, 3.8) is 0 Å². The topological polar surface area (TPSA) is 56.8 Å². The quantitative estimate of drug-likeness (QED) is 0.448. The molecule has 2 aliphatic heterocycles. The van der Waals surface area contributed by atoms with E-state index in [1.165, 1.54) is 6.07 Å². The maximum Gasteiger partial charge on any atom is 0.509 e. The van der Waals surface area contributed by atoms with E-state index in [1.54, 1.807) is 0 Å². The van der Waals surface area contributed by atoms with E-state index in [0.29, 0.717) is 24.1 Å². The van der Waals surface area contributed by atoms with Crippen LogP contribution in [0.1, 0.15) is 41.7 Å². The highest BCUT2D eigenvalue weighted by molar-refractivity contribution is 6.17. The normalized spacial score (nSPS) is 25.0. The minimum Gasteiger partial charge on any atom is -0.431 e. The molecule has 1 fully saturated rings. The molecule has 1 saturated heterocycles. The van der Waals surface area contributed by atoms with E-state index in [9.17, 15) is 18.0 Å². The number of rotatable bonds is 4. The third-order valence-corrected chi connectivity index (χ3v) is 5.80. The highest BCUT2D eigenvalue weighted by Crippen LogP contribution is 2.51. The lowest BCUT2D eigenvalue weighted by Gasteiger charge is -2.45. The van der Waals surface area contributed by atoms with Crippen LogP contribution in [0.4, 0.5) is 23.7 Å². The van der Waals surface area contributed by atoms with Crippen LogP contribution in [0.2, 0.25) is 0 Å². The SMILES string of the molecule is O=C(OCCl)OC[C@H]1CC[C@@H]2[C@H](O1)c1cc(C(F)(F)F)ccc1N[C@H]2c1ccccc1. The number of carbonyl (C=O) groups is 1. The number of ether oxygens (including phenoxy) is 3. The number of anilines is 1. The fourth-order valence-electron chi connectivity index (χ4n) is 4.29. The van der Waals surface area contributed by atoms with Crippen molar-refractivity contribution < 1.29 is 32.2 Å². The molecule has 2 heterocycles. The molecule has 4 rings (SSSR count). The standard InChI is InChI=1S/C22H21ClF3NO4/c23-12-30-21(28)29-11-15-7-8-16-19(13-4-2-1-3-5-13)27-18-9-6-14(22(24,25)26)10-17(18)20(16)31-15/h1-6,9-10,15-16,19-20,27H,7-8,11-12H2/t15-,16+,19+,20+/m1/s1. The van der Waals surface area contributed by atoms with Crippen LogP contribution in [0.15, 0.2) is 48.5 Å². The predicted octanol–water partition coefficient (Wildman–Crippen LogP) is 6.06. The van der Waals surface area contributed by atoms with Crippen LogP contribution >= 0.6 is 11.6 Å². The van der Waals surface area contributed by atoms with Gasteiger partial charge in [-0.25, -0.2) is 4.79 Å². The Morgan fingerprint density at radius 3 is 2.61 bits per heavy atom. The fraction of sp³-hybridized carbons (Fsp3) is 0.409. The Balaban J connectivity index is 1.63. The van der Waals surface area contributed by atoms with Crippen molar-refractivity contribution >= 4 is 23.4 Å². The molecule has 0 amide bonds. The van der Waals surface area contributed by atoms with Crippen LogP contribution in [0.3, 0.4) is 0 Å². The molecular formula is C22H21ClF3NO4. The van der Waals surface area contributed by atoms with E-state index < -0.39 is 30.1 Å². The molecule has 0 unspecified atom stereocenters. The number of alkyl halides is 4. The number of halogens is 4. The van der Waals surface area contributed by atoms with Crippen molar-refractivity contribution in [1.29, 1.82) is 0 Å². The number of fused-ring (bicyclic) bond motifs is 3. The molecule has 0 aliphatic carbocycles. The average Bonchev–Trinajstić information content (AvgIpc) is 2.77. The van der Waals surface area contributed by atoms with Gasteiger partial charge in [0.1, 0.15) is 6.61 Å². The monoisotopic (exact) mass is 455 g/mol. The molecule has 0 saturated carbocycles. The van der Waals surface area contributed by atoms with E-state index in [1.807, 2.05) is 30.3 Å². The van der Waals surface area contributed by atoms with Gasteiger partial charge in [-0.2, -0.15) is 13.2 Å². The highest BCUT2D eigenvalue weighted by atomic mass is 35.5. The molecular weight excluding hydrogens is 435 g/mol. The first-order valence-electron chi connectivity index (χ1n) is 9.90. The van der Waals surface area contributed by atoms with Gasteiger partial charge in [-0.15, -0.1) is 0 Å². The van der Waals surface area contributed by atoms with Crippen molar-refractivity contribution in [2.24, 2.45) is 5.92 Å². The maximum absolute atomic E-state index is 13.3. The van der Waals surface area contributed by atoms with Crippen LogP contribution in [0.5, 0.6) is 0 Å². The lowest BCUT2D eigenvalue weighted by atomic mass is 9.76. The lowest BCUT2D eigenvalue weighted by Crippen LogP contribution is -2.40. The number of hydrogen-bond acceptors (Lipinski definition) is 5. The van der Waals surface area contributed by atoms with Crippen LogP contribution in [0, 0.1) is 5.92 Å². The van der Waals surface area contributed by atoms with Gasteiger partial charge in [-0.05, 0) is 36.6 Å². The van der Waals surface area contributed by atoms with Gasteiger partial charge in [0, 0.05) is 17.2 Å². The molecule has 2 aliphatic rings. The van der Waals surface area contributed by atoms with Crippen molar-refractivity contribution in [2.45, 2.75) is 37.3 Å². The van der Waals surface area contributed by atoms with Gasteiger partial charge >= 0.3 is 12.3 Å². The predicted molar refractivity (Wildman–Crippen MR) is 108 cm³/mol. The second-order valence-corrected chi connectivity index (χ2v) is 7.79. The van der Waals surface area contributed by atoms with Crippen LogP contribution in [-0.4, -0.2) is 24.9 Å². The highest BCUT2D eigenvalue weighted by Gasteiger charge is 2.43. The summed E-state index contributed by atoms with van der Waals surface area (Å²) in [5.41, 5.74) is 1.37. The van der Waals surface area contributed by atoms with E-state index in [0.717, 1.165) is 17.7 Å². The van der Waals surface area contributed by atoms with E-state index in [-0.39, 0.29) is 24.6 Å². The number of nitrogens with one attached hydrogen (secondary N) is 1. The Kier molecular flexibility index (Phi) is 6.29. The minimum absolute atomic E-state index is 0.0589. The molecule has 9 heteroatoms. The zero-order chi connectivity index (χ0) is 22.0. The second-order valence-electron chi connectivity index (χ2n) is 7.57. The molecule has 0 radical (unpaired) electrons. The Morgan fingerprint density at radius 2 is 1.90 bits per heavy atom. The van der Waals surface area contributed by atoms with E-state index >= 15 is 0 Å². The number of hydrogen-bond donors (Lipinski definition) is 1. The van der Waals surface area contributed by atoms with E-state index in [4.69, 9.17) is 21.1 Å². The molecule has 1 N–H and O–H groups in total. The molecule has 0 aromatic heterocycles. The molecule has 0 bridgehead atoms. The molecule has 166 valence electrons. The zero-order valence-electron chi connectivity index (χ0n) is 16.4. The summed E-state index contributed by atoms with van der Waals surface area (Å²) in [6, 6.07) is 13.0. The largest absolute Gasteiger partial charge is 0.509 e. The summed E-state index contributed by atoms with van der Waals surface area (Å²) in [4.78, 5) is 11.4. The summed E-state index contributed by atoms with van der Waals surface area (Å²) in [5, 5.41) is 3.41. The van der Waals surface area contributed by atoms with Gasteiger partial charge in [-0.1, -0.05) is 41.9 Å². The van der Waals surface area contributed by atoms with Crippen molar-refractivity contribution in [1.82, 2.24) is 0 Å². The van der Waals surface area contributed by atoms with Crippen molar-refractivity contribution in [2.75, 3.05) is 18.0 Å². The summed E-state index contributed by atoms with van der Waals surface area (Å²) in [7, 11) is 0. The Morgan fingerprint density at radius 1 is 1.13 bits per heavy atom. The first kappa shape index (κ1) is 21.8. The number of benzene rings is 2. The summed E-state index contributed by atoms with van der Waals surface area (Å²) in [5.74, 6) is -0.0792. The summed E-state index contributed by atoms with van der Waals surface area (Å²) >= 11 is 5.34.